The second-order valence-corrected chi connectivity index (χ2v) is 8.97. The largest absolute Gasteiger partial charge is 0.481 e. The number of hydrogen-bond donors (Lipinski definition) is 2. The normalized spacial score (nSPS) is 12.6. The molecule has 0 spiro atoms. The molecule has 0 aliphatic carbocycles. The van der Waals surface area contributed by atoms with Crippen LogP contribution in [-0.4, -0.2) is 46.5 Å². The average Bonchev–Trinajstić information content (AvgIpc) is 2.76. The van der Waals surface area contributed by atoms with Gasteiger partial charge in [0.05, 0.1) is 19.5 Å². The van der Waals surface area contributed by atoms with E-state index < -0.39 is 12.0 Å². The maximum absolute atomic E-state index is 13.3. The van der Waals surface area contributed by atoms with Gasteiger partial charge in [-0.3, -0.25) is 4.79 Å². The van der Waals surface area contributed by atoms with Gasteiger partial charge in [0, 0.05) is 6.42 Å². The Morgan fingerprint density at radius 2 is 1.16 bits per heavy atom. The number of imide groups is 1. The first kappa shape index (κ1) is 29.7. The van der Waals surface area contributed by atoms with Crippen molar-refractivity contribution >= 4 is 17.8 Å². The highest BCUT2D eigenvalue weighted by Gasteiger charge is 2.45. The van der Waals surface area contributed by atoms with E-state index in [4.69, 9.17) is 10.8 Å². The van der Waals surface area contributed by atoms with Crippen LogP contribution < -0.4 is 5.73 Å². The second kappa shape index (κ2) is 18.3. The van der Waals surface area contributed by atoms with Gasteiger partial charge >= 0.3 is 17.8 Å². The summed E-state index contributed by atoms with van der Waals surface area (Å²) in [5.41, 5.74) is 6.10. The molecule has 6 nitrogen and oxygen atoms in total. The highest BCUT2D eigenvalue weighted by molar-refractivity contribution is 5.87. The summed E-state index contributed by atoms with van der Waals surface area (Å²) in [7, 11) is 0. The Bertz CT molecular complexity index is 500. The van der Waals surface area contributed by atoms with Crippen molar-refractivity contribution in [3.63, 3.8) is 0 Å². The first-order valence-corrected chi connectivity index (χ1v) is 12.8. The van der Waals surface area contributed by atoms with Gasteiger partial charge in [0.1, 0.15) is 6.04 Å². The summed E-state index contributed by atoms with van der Waals surface area (Å²) >= 11 is 0. The van der Waals surface area contributed by atoms with Crippen molar-refractivity contribution < 1.29 is 24.0 Å². The minimum Gasteiger partial charge on any atom is -0.481 e. The van der Waals surface area contributed by atoms with E-state index in [1.807, 2.05) is 13.8 Å². The number of aliphatic carboxylic acids is 1. The van der Waals surface area contributed by atoms with Crippen LogP contribution in [0.4, 0.5) is 0 Å². The Morgan fingerprint density at radius 3 is 1.61 bits per heavy atom. The van der Waals surface area contributed by atoms with Crippen molar-refractivity contribution in [1.82, 2.24) is 0 Å². The van der Waals surface area contributed by atoms with Crippen LogP contribution in [-0.2, 0) is 14.4 Å². The molecule has 0 saturated heterocycles. The quantitative estimate of drug-likeness (QED) is 0.190. The maximum atomic E-state index is 13.3. The topological polar surface area (TPSA) is 97.5 Å². The molecule has 182 valence electrons. The van der Waals surface area contributed by atoms with Gasteiger partial charge in [0.15, 0.2) is 0 Å². The van der Waals surface area contributed by atoms with Crippen molar-refractivity contribution in [2.75, 3.05) is 13.1 Å². The Labute approximate surface area is 190 Å². The fraction of sp³-hybridized carbons (Fsp3) is 0.880. The molecule has 0 radical (unpaired) electrons. The minimum atomic E-state index is -0.968. The number of amides is 2. The highest BCUT2D eigenvalue weighted by atomic mass is 16.4. The maximum Gasteiger partial charge on any atom is 0.337 e. The fourth-order valence-electron chi connectivity index (χ4n) is 4.08. The summed E-state index contributed by atoms with van der Waals surface area (Å²) in [6.45, 7) is 7.28. The number of hydrogen-bond acceptors (Lipinski definition) is 4. The molecular formula is C25H49N2O4+. The van der Waals surface area contributed by atoms with Crippen LogP contribution in [0.3, 0.4) is 0 Å². The van der Waals surface area contributed by atoms with Gasteiger partial charge in [0.2, 0.25) is 0 Å². The summed E-state index contributed by atoms with van der Waals surface area (Å²) in [4.78, 5) is 37.6. The molecule has 0 bridgehead atoms. The third kappa shape index (κ3) is 12.4. The second-order valence-electron chi connectivity index (χ2n) is 8.97. The molecule has 0 fully saturated rings. The number of carbonyl (C=O) groups excluding carboxylic acids is 2. The van der Waals surface area contributed by atoms with Crippen molar-refractivity contribution in [3.8, 4) is 0 Å². The molecule has 0 unspecified atom stereocenters. The van der Waals surface area contributed by atoms with Gasteiger partial charge in [-0.2, -0.15) is 4.48 Å². The van der Waals surface area contributed by atoms with Crippen molar-refractivity contribution in [3.05, 3.63) is 0 Å². The van der Waals surface area contributed by atoms with Crippen molar-refractivity contribution in [2.24, 2.45) is 5.73 Å². The number of nitrogens with zero attached hydrogens (tertiary/aromatic N) is 1. The third-order valence-corrected chi connectivity index (χ3v) is 6.17. The minimum absolute atomic E-state index is 0.0272. The molecule has 0 aliphatic heterocycles. The Balaban J connectivity index is 4.94. The molecule has 1 atom stereocenters. The standard InChI is InChI=1S/C25H48N2O4/c1-4-7-10-11-12-13-14-15-16-17-23(28)27(20-8-5-2,21-9-6-3)25(31)22(26)18-19-24(29)30/h22H,4-21,26H2,1-3H3/p+1/t22-/m0/s1. The van der Waals surface area contributed by atoms with E-state index in [0.717, 1.165) is 44.9 Å². The van der Waals surface area contributed by atoms with Gasteiger partial charge < -0.3 is 10.8 Å². The third-order valence-electron chi connectivity index (χ3n) is 6.17. The van der Waals surface area contributed by atoms with Crippen LogP contribution in [0.2, 0.25) is 0 Å². The number of unbranched alkanes of at least 4 members (excludes halogenated alkanes) is 10. The van der Waals surface area contributed by atoms with Gasteiger partial charge in [-0.15, -0.1) is 0 Å². The Morgan fingerprint density at radius 1 is 0.710 bits per heavy atom. The van der Waals surface area contributed by atoms with Crippen LogP contribution in [0.25, 0.3) is 0 Å². The molecule has 0 heterocycles. The average molecular weight is 442 g/mol. The zero-order valence-corrected chi connectivity index (χ0v) is 20.5. The van der Waals surface area contributed by atoms with Gasteiger partial charge in [0.25, 0.3) is 0 Å². The molecule has 0 aromatic carbocycles. The van der Waals surface area contributed by atoms with E-state index in [0.29, 0.717) is 19.5 Å². The number of carbonyl (C=O) groups is 3. The predicted octanol–water partition coefficient (Wildman–Crippen LogP) is 5.57. The van der Waals surface area contributed by atoms with E-state index in [2.05, 4.69) is 6.92 Å². The number of quaternary nitrogens is 1. The molecule has 31 heavy (non-hydrogen) atoms. The summed E-state index contributed by atoms with van der Waals surface area (Å²) in [6.07, 6.45) is 14.3. The molecule has 6 heteroatoms. The zero-order chi connectivity index (χ0) is 23.5. The Kier molecular flexibility index (Phi) is 17.6. The first-order chi connectivity index (χ1) is 14.9. The van der Waals surface area contributed by atoms with E-state index >= 15 is 0 Å². The Hall–Kier alpha value is -1.27. The summed E-state index contributed by atoms with van der Waals surface area (Å²) in [5, 5.41) is 8.95. The molecule has 2 amide bonds. The van der Waals surface area contributed by atoms with Crippen LogP contribution >= 0.6 is 0 Å². The van der Waals surface area contributed by atoms with Crippen LogP contribution in [0.5, 0.6) is 0 Å². The first-order valence-electron chi connectivity index (χ1n) is 12.8. The van der Waals surface area contributed by atoms with Crippen molar-refractivity contribution in [2.45, 2.75) is 130 Å². The fourth-order valence-corrected chi connectivity index (χ4v) is 4.08. The van der Waals surface area contributed by atoms with Gasteiger partial charge in [-0.1, -0.05) is 85.0 Å². The van der Waals surface area contributed by atoms with E-state index in [1.165, 1.54) is 38.5 Å². The molecule has 0 aromatic rings. The molecule has 0 rings (SSSR count). The zero-order valence-electron chi connectivity index (χ0n) is 20.5. The molecule has 0 aromatic heterocycles. The predicted molar refractivity (Wildman–Crippen MR) is 127 cm³/mol. The molecular weight excluding hydrogens is 392 g/mol. The monoisotopic (exact) mass is 441 g/mol. The lowest BCUT2D eigenvalue weighted by atomic mass is 10.0. The summed E-state index contributed by atoms with van der Waals surface area (Å²) < 4.78 is -0.195. The lowest BCUT2D eigenvalue weighted by Crippen LogP contribution is -2.63. The number of carboxylic acids is 1. The van der Waals surface area contributed by atoms with Crippen LogP contribution in [0, 0.1) is 0 Å². The highest BCUT2D eigenvalue weighted by Crippen LogP contribution is 2.21. The van der Waals surface area contributed by atoms with Crippen molar-refractivity contribution in [1.29, 1.82) is 0 Å². The lowest BCUT2D eigenvalue weighted by Gasteiger charge is -2.35. The smallest absolute Gasteiger partial charge is 0.337 e. The lowest BCUT2D eigenvalue weighted by molar-refractivity contribution is -0.781. The summed E-state index contributed by atoms with van der Waals surface area (Å²) in [5.74, 6) is -1.28. The number of nitrogens with two attached hydrogens (primary N) is 1. The summed E-state index contributed by atoms with van der Waals surface area (Å²) in [6, 6.07) is -0.906. The number of carboxylic acid groups (broad SMARTS) is 1. The van der Waals surface area contributed by atoms with E-state index in [9.17, 15) is 14.4 Å². The van der Waals surface area contributed by atoms with Crippen LogP contribution in [0.15, 0.2) is 0 Å². The van der Waals surface area contributed by atoms with Crippen LogP contribution in [0.1, 0.15) is 124 Å². The van der Waals surface area contributed by atoms with Gasteiger partial charge in [-0.25, -0.2) is 9.59 Å². The number of rotatable bonds is 20. The molecule has 3 N–H and O–H groups in total. The SMILES string of the molecule is CCCCCCCCCCCC(=O)[N+](CCCC)(CCCC)C(=O)[C@@H](N)CCC(=O)O. The molecule has 0 saturated carbocycles. The van der Waals surface area contributed by atoms with E-state index in [1.54, 1.807) is 0 Å². The van der Waals surface area contributed by atoms with E-state index in [-0.39, 0.29) is 29.1 Å². The molecule has 0 aliphatic rings. The van der Waals surface area contributed by atoms with Gasteiger partial charge in [-0.05, 0) is 25.7 Å².